The summed E-state index contributed by atoms with van der Waals surface area (Å²) in [5, 5.41) is 8.46. The maximum atomic E-state index is 12.6. The van der Waals surface area contributed by atoms with E-state index in [-0.39, 0.29) is 16.6 Å². The summed E-state index contributed by atoms with van der Waals surface area (Å²) in [6.07, 6.45) is 2.71. The molecule has 1 aliphatic carbocycles. The molecule has 1 aromatic rings. The first kappa shape index (κ1) is 15.0. The van der Waals surface area contributed by atoms with Gasteiger partial charge in [-0.2, -0.15) is 0 Å². The molecule has 0 aromatic heterocycles. The van der Waals surface area contributed by atoms with E-state index in [1.807, 2.05) is 0 Å². The van der Waals surface area contributed by atoms with E-state index < -0.39 is 21.1 Å². The third-order valence-corrected chi connectivity index (χ3v) is 5.98. The zero-order valence-electron chi connectivity index (χ0n) is 11.3. The van der Waals surface area contributed by atoms with Crippen LogP contribution in [0.3, 0.4) is 0 Å². The molecule has 0 spiro atoms. The summed E-state index contributed by atoms with van der Waals surface area (Å²) < 4.78 is 30.4. The lowest BCUT2D eigenvalue weighted by Crippen LogP contribution is -2.31. The molecule has 1 N–H and O–H groups in total. The van der Waals surface area contributed by atoms with Gasteiger partial charge < -0.3 is 9.84 Å². The fourth-order valence-corrected chi connectivity index (χ4v) is 4.49. The molecule has 0 bridgehead atoms. The average Bonchev–Trinajstić information content (AvgIpc) is 2.47. The monoisotopic (exact) mass is 298 g/mol. The van der Waals surface area contributed by atoms with Gasteiger partial charge in [-0.3, -0.25) is 0 Å². The van der Waals surface area contributed by atoms with Crippen LogP contribution >= 0.6 is 0 Å². The molecule has 0 amide bonds. The highest BCUT2D eigenvalue weighted by Crippen LogP contribution is 2.30. The zero-order chi connectivity index (χ0) is 14.8. The molecule has 1 saturated carbocycles. The highest BCUT2D eigenvalue weighted by molar-refractivity contribution is 7.92. The quantitative estimate of drug-likeness (QED) is 0.921. The molecule has 2 unspecified atom stereocenters. The molecular formula is C14H18O5S. The minimum absolute atomic E-state index is 0.00910. The van der Waals surface area contributed by atoms with Crippen LogP contribution in [0.1, 0.15) is 36.0 Å². The number of hydrogen-bond acceptors (Lipinski definition) is 4. The predicted molar refractivity (Wildman–Crippen MR) is 73.6 cm³/mol. The second-order valence-electron chi connectivity index (χ2n) is 5.02. The van der Waals surface area contributed by atoms with E-state index in [9.17, 15) is 13.2 Å². The van der Waals surface area contributed by atoms with Crippen molar-refractivity contribution in [1.82, 2.24) is 0 Å². The van der Waals surface area contributed by atoms with Gasteiger partial charge in [0.15, 0.2) is 9.84 Å². The smallest absolute Gasteiger partial charge is 0.335 e. The number of hydrogen-bond donors (Lipinski definition) is 1. The first-order valence-electron chi connectivity index (χ1n) is 6.55. The van der Waals surface area contributed by atoms with Crippen molar-refractivity contribution in [2.45, 2.75) is 41.9 Å². The maximum Gasteiger partial charge on any atom is 0.335 e. The van der Waals surface area contributed by atoms with Crippen LogP contribution in [0, 0.1) is 0 Å². The Morgan fingerprint density at radius 2 is 2.10 bits per heavy atom. The SMILES string of the molecule is COC1CCCC(S(=O)(=O)c2cccc(C(=O)O)c2)C1. The summed E-state index contributed by atoms with van der Waals surface area (Å²) in [7, 11) is -1.92. The van der Waals surface area contributed by atoms with E-state index in [0.29, 0.717) is 12.8 Å². The summed E-state index contributed by atoms with van der Waals surface area (Å²) in [5.41, 5.74) is -0.00910. The van der Waals surface area contributed by atoms with Crippen LogP contribution in [0.4, 0.5) is 0 Å². The Balaban J connectivity index is 2.30. The van der Waals surface area contributed by atoms with Crippen molar-refractivity contribution in [3.8, 4) is 0 Å². The van der Waals surface area contributed by atoms with Crippen LogP contribution in [-0.4, -0.2) is 38.0 Å². The van der Waals surface area contributed by atoms with Crippen LogP contribution in [-0.2, 0) is 14.6 Å². The fraction of sp³-hybridized carbons (Fsp3) is 0.500. The summed E-state index contributed by atoms with van der Waals surface area (Å²) in [4.78, 5) is 11.0. The van der Waals surface area contributed by atoms with Crippen molar-refractivity contribution >= 4 is 15.8 Å². The van der Waals surface area contributed by atoms with Gasteiger partial charge in [-0.1, -0.05) is 6.07 Å². The lowest BCUT2D eigenvalue weighted by atomic mass is 9.97. The number of methoxy groups -OCH3 is 1. The zero-order valence-corrected chi connectivity index (χ0v) is 12.1. The van der Waals surface area contributed by atoms with Gasteiger partial charge in [-0.15, -0.1) is 0 Å². The molecule has 0 saturated heterocycles. The Kier molecular flexibility index (Phi) is 4.45. The highest BCUT2D eigenvalue weighted by Gasteiger charge is 2.33. The van der Waals surface area contributed by atoms with Gasteiger partial charge in [-0.05, 0) is 43.9 Å². The molecule has 2 rings (SSSR count). The number of carboxylic acids is 1. The number of carbonyl (C=O) groups is 1. The molecule has 6 heteroatoms. The van der Waals surface area contributed by atoms with Gasteiger partial charge in [-0.25, -0.2) is 13.2 Å². The third-order valence-electron chi connectivity index (χ3n) is 3.76. The van der Waals surface area contributed by atoms with E-state index in [4.69, 9.17) is 9.84 Å². The molecule has 1 fully saturated rings. The Labute approximate surface area is 118 Å². The summed E-state index contributed by atoms with van der Waals surface area (Å²) in [6, 6.07) is 5.54. The molecule has 1 aromatic carbocycles. The molecule has 20 heavy (non-hydrogen) atoms. The topological polar surface area (TPSA) is 80.7 Å². The molecular weight excluding hydrogens is 280 g/mol. The van der Waals surface area contributed by atoms with Crippen molar-refractivity contribution in [1.29, 1.82) is 0 Å². The second-order valence-corrected chi connectivity index (χ2v) is 7.25. The minimum Gasteiger partial charge on any atom is -0.478 e. The largest absolute Gasteiger partial charge is 0.478 e. The molecule has 0 heterocycles. The minimum atomic E-state index is -3.50. The number of ether oxygens (including phenoxy) is 1. The van der Waals surface area contributed by atoms with Crippen LogP contribution < -0.4 is 0 Å². The normalized spacial score (nSPS) is 23.4. The number of benzene rings is 1. The Bertz CT molecular complexity index is 593. The van der Waals surface area contributed by atoms with Crippen molar-refractivity contribution in [2.24, 2.45) is 0 Å². The number of sulfone groups is 1. The van der Waals surface area contributed by atoms with Gasteiger partial charge >= 0.3 is 5.97 Å². The molecule has 110 valence electrons. The van der Waals surface area contributed by atoms with Crippen molar-refractivity contribution in [2.75, 3.05) is 7.11 Å². The number of rotatable bonds is 4. The maximum absolute atomic E-state index is 12.6. The van der Waals surface area contributed by atoms with Gasteiger partial charge in [0.2, 0.25) is 0 Å². The molecule has 1 aliphatic rings. The first-order valence-corrected chi connectivity index (χ1v) is 8.10. The molecule has 2 atom stereocenters. The Morgan fingerprint density at radius 3 is 2.75 bits per heavy atom. The van der Waals surface area contributed by atoms with Crippen LogP contribution in [0.25, 0.3) is 0 Å². The molecule has 5 nitrogen and oxygen atoms in total. The second kappa shape index (κ2) is 5.93. The van der Waals surface area contributed by atoms with E-state index >= 15 is 0 Å². The summed E-state index contributed by atoms with van der Waals surface area (Å²) in [5.74, 6) is -1.12. The van der Waals surface area contributed by atoms with Crippen molar-refractivity contribution < 1.29 is 23.1 Å². The van der Waals surface area contributed by atoms with Crippen LogP contribution in [0.15, 0.2) is 29.2 Å². The van der Waals surface area contributed by atoms with Crippen molar-refractivity contribution in [3.63, 3.8) is 0 Å². The highest BCUT2D eigenvalue weighted by atomic mass is 32.2. The molecule has 0 aliphatic heterocycles. The first-order chi connectivity index (χ1) is 9.45. The van der Waals surface area contributed by atoms with E-state index in [2.05, 4.69) is 0 Å². The lowest BCUT2D eigenvalue weighted by Gasteiger charge is -2.28. The van der Waals surface area contributed by atoms with E-state index in [0.717, 1.165) is 12.8 Å². The van der Waals surface area contributed by atoms with Crippen molar-refractivity contribution in [3.05, 3.63) is 29.8 Å². The van der Waals surface area contributed by atoms with Crippen LogP contribution in [0.2, 0.25) is 0 Å². The van der Waals surface area contributed by atoms with Gasteiger partial charge in [0.05, 0.1) is 21.8 Å². The van der Waals surface area contributed by atoms with E-state index in [1.54, 1.807) is 7.11 Å². The molecule has 0 radical (unpaired) electrons. The predicted octanol–water partition coefficient (Wildman–Crippen LogP) is 2.12. The summed E-state index contributed by atoms with van der Waals surface area (Å²) in [6.45, 7) is 0. The Morgan fingerprint density at radius 1 is 1.35 bits per heavy atom. The van der Waals surface area contributed by atoms with Gasteiger partial charge in [0, 0.05) is 7.11 Å². The average molecular weight is 298 g/mol. The van der Waals surface area contributed by atoms with Gasteiger partial charge in [0.25, 0.3) is 0 Å². The summed E-state index contributed by atoms with van der Waals surface area (Å²) >= 11 is 0. The Hall–Kier alpha value is -1.40. The lowest BCUT2D eigenvalue weighted by molar-refractivity contribution is 0.0695. The number of carboxylic acid groups (broad SMARTS) is 1. The van der Waals surface area contributed by atoms with Gasteiger partial charge in [0.1, 0.15) is 0 Å². The fourth-order valence-electron chi connectivity index (χ4n) is 2.60. The van der Waals surface area contributed by atoms with E-state index in [1.165, 1.54) is 24.3 Å². The standard InChI is InChI=1S/C14H18O5S/c1-19-11-5-3-7-13(9-11)20(17,18)12-6-2-4-10(8-12)14(15)16/h2,4,6,8,11,13H,3,5,7,9H2,1H3,(H,15,16). The van der Waals surface area contributed by atoms with Crippen LogP contribution in [0.5, 0.6) is 0 Å². The third kappa shape index (κ3) is 3.02. The number of aromatic carboxylic acids is 1.